The second kappa shape index (κ2) is 7.23. The Labute approximate surface area is 115 Å². The van der Waals surface area contributed by atoms with Crippen LogP contribution in [0.2, 0.25) is 0 Å². The van der Waals surface area contributed by atoms with E-state index in [-0.39, 0.29) is 13.1 Å². The van der Waals surface area contributed by atoms with E-state index < -0.39 is 12.6 Å². The highest BCUT2D eigenvalue weighted by molar-refractivity contribution is 5.50. The van der Waals surface area contributed by atoms with Crippen LogP contribution < -0.4 is 19.5 Å². The van der Waals surface area contributed by atoms with Gasteiger partial charge in [0, 0.05) is 25.2 Å². The van der Waals surface area contributed by atoms with Crippen LogP contribution in [0.3, 0.4) is 0 Å². The molecule has 0 aromatic heterocycles. The van der Waals surface area contributed by atoms with E-state index >= 15 is 0 Å². The van der Waals surface area contributed by atoms with E-state index in [1.807, 2.05) is 0 Å². The Bertz CT molecular complexity index is 410. The van der Waals surface area contributed by atoms with Crippen LogP contribution in [0.5, 0.6) is 17.2 Å². The lowest BCUT2D eigenvalue weighted by Crippen LogP contribution is -2.21. The van der Waals surface area contributed by atoms with Gasteiger partial charge in [0.1, 0.15) is 17.2 Å². The number of alkyl halides is 3. The summed E-state index contributed by atoms with van der Waals surface area (Å²) in [6.07, 6.45) is -5.05. The van der Waals surface area contributed by atoms with Crippen molar-refractivity contribution in [2.24, 2.45) is 0 Å². The summed E-state index contributed by atoms with van der Waals surface area (Å²) in [4.78, 5) is 0. The number of ether oxygens (including phenoxy) is 3. The molecule has 1 aromatic rings. The lowest BCUT2D eigenvalue weighted by atomic mass is 10.1. The van der Waals surface area contributed by atoms with Crippen molar-refractivity contribution in [2.75, 3.05) is 27.9 Å². The van der Waals surface area contributed by atoms with Gasteiger partial charge in [-0.1, -0.05) is 0 Å². The molecular weight excluding hydrogens is 275 g/mol. The summed E-state index contributed by atoms with van der Waals surface area (Å²) in [6, 6.07) is 3.31. The molecule has 0 aliphatic carbocycles. The van der Waals surface area contributed by atoms with Crippen molar-refractivity contribution in [3.63, 3.8) is 0 Å². The van der Waals surface area contributed by atoms with E-state index in [0.717, 1.165) is 0 Å². The van der Waals surface area contributed by atoms with Crippen molar-refractivity contribution in [1.29, 1.82) is 0 Å². The molecule has 0 radical (unpaired) electrons. The molecule has 0 fully saturated rings. The predicted octanol–water partition coefficient (Wildman–Crippen LogP) is 2.75. The van der Waals surface area contributed by atoms with Crippen molar-refractivity contribution < 1.29 is 27.4 Å². The zero-order chi connectivity index (χ0) is 15.2. The van der Waals surface area contributed by atoms with Gasteiger partial charge in [0.25, 0.3) is 0 Å². The molecule has 0 spiro atoms. The van der Waals surface area contributed by atoms with Gasteiger partial charge in [-0.15, -0.1) is 0 Å². The number of halogens is 3. The van der Waals surface area contributed by atoms with E-state index in [0.29, 0.717) is 22.8 Å². The molecule has 4 nitrogen and oxygen atoms in total. The number of benzene rings is 1. The molecule has 1 N–H and O–H groups in total. The first-order valence-corrected chi connectivity index (χ1v) is 5.97. The Kier molecular flexibility index (Phi) is 5.94. The summed E-state index contributed by atoms with van der Waals surface area (Å²) < 4.78 is 51.7. The molecule has 0 saturated carbocycles. The molecule has 1 rings (SSSR count). The Morgan fingerprint density at radius 3 is 1.95 bits per heavy atom. The third kappa shape index (κ3) is 4.80. The summed E-state index contributed by atoms with van der Waals surface area (Å²) in [6.45, 7) is 0.0499. The van der Waals surface area contributed by atoms with Gasteiger partial charge in [-0.05, 0) is 0 Å². The van der Waals surface area contributed by atoms with Gasteiger partial charge in [0.15, 0.2) is 0 Å². The molecule has 0 unspecified atom stereocenters. The molecule has 20 heavy (non-hydrogen) atoms. The Hall–Kier alpha value is -1.63. The van der Waals surface area contributed by atoms with Crippen molar-refractivity contribution in [1.82, 2.24) is 5.32 Å². The third-order valence-corrected chi connectivity index (χ3v) is 2.70. The zero-order valence-corrected chi connectivity index (χ0v) is 11.6. The maximum absolute atomic E-state index is 12.1. The topological polar surface area (TPSA) is 39.7 Å². The van der Waals surface area contributed by atoms with Gasteiger partial charge in [0.2, 0.25) is 0 Å². The fourth-order valence-corrected chi connectivity index (χ4v) is 1.70. The van der Waals surface area contributed by atoms with Crippen molar-refractivity contribution in [3.8, 4) is 17.2 Å². The highest BCUT2D eigenvalue weighted by Crippen LogP contribution is 2.33. The largest absolute Gasteiger partial charge is 0.496 e. The zero-order valence-electron chi connectivity index (χ0n) is 11.6. The Morgan fingerprint density at radius 1 is 1.00 bits per heavy atom. The predicted molar refractivity (Wildman–Crippen MR) is 68.5 cm³/mol. The van der Waals surface area contributed by atoms with Crippen LogP contribution in [0.1, 0.15) is 12.0 Å². The molecule has 7 heteroatoms. The van der Waals surface area contributed by atoms with Gasteiger partial charge < -0.3 is 19.5 Å². The van der Waals surface area contributed by atoms with Crippen LogP contribution in [-0.4, -0.2) is 34.1 Å². The molecule has 1 aromatic carbocycles. The van der Waals surface area contributed by atoms with Crippen molar-refractivity contribution in [2.45, 2.75) is 19.1 Å². The normalized spacial score (nSPS) is 11.3. The maximum Gasteiger partial charge on any atom is 0.390 e. The molecular formula is C13H18F3NO3. The molecule has 0 aliphatic heterocycles. The van der Waals surface area contributed by atoms with E-state index in [1.54, 1.807) is 12.1 Å². The highest BCUT2D eigenvalue weighted by Gasteiger charge is 2.26. The average molecular weight is 293 g/mol. The van der Waals surface area contributed by atoms with Gasteiger partial charge in [-0.25, -0.2) is 0 Å². The van der Waals surface area contributed by atoms with Crippen molar-refractivity contribution >= 4 is 0 Å². The van der Waals surface area contributed by atoms with E-state index in [9.17, 15) is 13.2 Å². The summed E-state index contributed by atoms with van der Waals surface area (Å²) >= 11 is 0. The second-order valence-electron chi connectivity index (χ2n) is 4.05. The highest BCUT2D eigenvalue weighted by atomic mass is 19.4. The molecule has 114 valence electrons. The van der Waals surface area contributed by atoms with E-state index in [2.05, 4.69) is 5.32 Å². The number of hydrogen-bond acceptors (Lipinski definition) is 4. The second-order valence-corrected chi connectivity index (χ2v) is 4.05. The smallest absolute Gasteiger partial charge is 0.390 e. The third-order valence-electron chi connectivity index (χ3n) is 2.70. The Balaban J connectivity index is 2.77. The number of methoxy groups -OCH3 is 3. The molecule has 0 bridgehead atoms. The minimum atomic E-state index is -4.17. The van der Waals surface area contributed by atoms with Crippen LogP contribution in [-0.2, 0) is 6.54 Å². The minimum Gasteiger partial charge on any atom is -0.496 e. The fraction of sp³-hybridized carbons (Fsp3) is 0.538. The van der Waals surface area contributed by atoms with E-state index in [1.165, 1.54) is 21.3 Å². The molecule has 0 saturated heterocycles. The van der Waals surface area contributed by atoms with Gasteiger partial charge >= 0.3 is 6.18 Å². The lowest BCUT2D eigenvalue weighted by Gasteiger charge is -2.16. The fourth-order valence-electron chi connectivity index (χ4n) is 1.70. The van der Waals surface area contributed by atoms with Crippen LogP contribution in [0.25, 0.3) is 0 Å². The van der Waals surface area contributed by atoms with Crippen LogP contribution in [0.15, 0.2) is 12.1 Å². The summed E-state index contributed by atoms with van der Waals surface area (Å²) in [5.41, 5.74) is 0.651. The quantitative estimate of drug-likeness (QED) is 0.785. The van der Waals surface area contributed by atoms with Crippen molar-refractivity contribution in [3.05, 3.63) is 17.7 Å². The summed E-state index contributed by atoms with van der Waals surface area (Å²) in [7, 11) is 4.47. The Morgan fingerprint density at radius 2 is 1.55 bits per heavy atom. The first-order chi connectivity index (χ1) is 9.41. The van der Waals surface area contributed by atoms with E-state index in [4.69, 9.17) is 14.2 Å². The van der Waals surface area contributed by atoms with Gasteiger partial charge in [0.05, 0.1) is 33.3 Å². The van der Waals surface area contributed by atoms with Gasteiger partial charge in [-0.2, -0.15) is 13.2 Å². The SMILES string of the molecule is COc1cc(OC)c(CNCCC(F)(F)F)c(OC)c1. The first kappa shape index (κ1) is 16.4. The summed E-state index contributed by atoms with van der Waals surface area (Å²) in [5, 5.41) is 2.72. The monoisotopic (exact) mass is 293 g/mol. The van der Waals surface area contributed by atoms with Crippen LogP contribution in [0.4, 0.5) is 13.2 Å². The molecule has 0 atom stereocenters. The first-order valence-electron chi connectivity index (χ1n) is 5.97. The minimum absolute atomic E-state index is 0.165. The number of hydrogen-bond donors (Lipinski definition) is 1. The van der Waals surface area contributed by atoms with Crippen LogP contribution in [0, 0.1) is 0 Å². The number of nitrogens with one attached hydrogen (secondary N) is 1. The molecule has 0 amide bonds. The number of rotatable bonds is 7. The van der Waals surface area contributed by atoms with Crippen LogP contribution >= 0.6 is 0 Å². The standard InChI is InChI=1S/C13H18F3NO3/c1-18-9-6-11(19-2)10(12(7-9)20-3)8-17-5-4-13(14,15)16/h6-7,17H,4-5,8H2,1-3H3. The lowest BCUT2D eigenvalue weighted by molar-refractivity contribution is -0.133. The molecule has 0 heterocycles. The van der Waals surface area contributed by atoms with Gasteiger partial charge in [-0.3, -0.25) is 0 Å². The molecule has 0 aliphatic rings. The average Bonchev–Trinajstić information content (AvgIpc) is 2.41. The maximum atomic E-state index is 12.1. The summed E-state index contributed by atoms with van der Waals surface area (Å²) in [5.74, 6) is 1.55.